The molecule has 0 atom stereocenters. The lowest BCUT2D eigenvalue weighted by molar-refractivity contribution is -0.894. The van der Waals surface area contributed by atoms with Crippen molar-refractivity contribution in [1.82, 2.24) is 9.97 Å². The van der Waals surface area contributed by atoms with Gasteiger partial charge >= 0.3 is 5.69 Å². The maximum Gasteiger partial charge on any atom is 0.328 e. The lowest BCUT2D eigenvalue weighted by atomic mass is 10.3. The summed E-state index contributed by atoms with van der Waals surface area (Å²) < 4.78 is 0. The monoisotopic (exact) mass is 255 g/mol. The van der Waals surface area contributed by atoms with Crippen LogP contribution in [-0.2, 0) is 0 Å². The number of aromatic amines is 2. The molecule has 0 radical (unpaired) electrons. The van der Waals surface area contributed by atoms with Gasteiger partial charge in [0.15, 0.2) is 0 Å². The minimum Gasteiger partial charge on any atom is -0.494 e. The Balaban J connectivity index is 2.68. The predicted molar refractivity (Wildman–Crippen MR) is 68.7 cm³/mol. The Morgan fingerprint density at radius 1 is 1.28 bits per heavy atom. The lowest BCUT2D eigenvalue weighted by Crippen LogP contribution is -3.11. The number of H-pyrrole nitrogens is 2. The second-order valence-electron chi connectivity index (χ2n) is 3.91. The van der Waals surface area contributed by atoms with Crippen molar-refractivity contribution in [3.8, 4) is 5.88 Å². The molecule has 0 fully saturated rings. The van der Waals surface area contributed by atoms with Crippen molar-refractivity contribution in [2.75, 3.05) is 26.2 Å². The zero-order valence-corrected chi connectivity index (χ0v) is 10.6. The van der Waals surface area contributed by atoms with Crippen molar-refractivity contribution in [3.05, 3.63) is 26.4 Å². The summed E-state index contributed by atoms with van der Waals surface area (Å²) >= 11 is 0. The van der Waals surface area contributed by atoms with E-state index in [1.165, 1.54) is 11.1 Å². The number of hydrogen-bond donors (Lipinski definition) is 4. The zero-order chi connectivity index (χ0) is 13.5. The van der Waals surface area contributed by atoms with E-state index in [1.54, 1.807) is 0 Å². The first-order valence-electron chi connectivity index (χ1n) is 5.97. The van der Waals surface area contributed by atoms with Crippen LogP contribution < -0.4 is 16.1 Å². The molecule has 1 aromatic rings. The Kier molecular flexibility index (Phi) is 5.31. The Bertz CT molecular complexity index is 514. The van der Waals surface area contributed by atoms with Crippen LogP contribution in [0.4, 0.5) is 0 Å². The molecule has 0 aliphatic rings. The average molecular weight is 255 g/mol. The molecule has 1 aromatic heterocycles. The van der Waals surface area contributed by atoms with Gasteiger partial charge in [-0.15, -0.1) is 0 Å². The highest BCUT2D eigenvalue weighted by Crippen LogP contribution is 2.00. The third-order valence-electron chi connectivity index (χ3n) is 2.77. The van der Waals surface area contributed by atoms with Crippen molar-refractivity contribution in [1.29, 1.82) is 0 Å². The molecule has 7 nitrogen and oxygen atoms in total. The summed E-state index contributed by atoms with van der Waals surface area (Å²) in [4.78, 5) is 31.8. The molecule has 0 unspecified atom stereocenters. The standard InChI is InChI=1S/C11H18N4O3/c1-3-15(4-2)6-5-12-7-8-9(16)13-11(18)14-10(8)17/h7H,3-6H2,1-2H3,(H3,13,14,16,17,18)/p+1. The molecule has 18 heavy (non-hydrogen) atoms. The van der Waals surface area contributed by atoms with Gasteiger partial charge in [-0.1, -0.05) is 0 Å². The Morgan fingerprint density at radius 3 is 2.50 bits per heavy atom. The van der Waals surface area contributed by atoms with E-state index in [4.69, 9.17) is 0 Å². The summed E-state index contributed by atoms with van der Waals surface area (Å²) in [7, 11) is 0. The fourth-order valence-corrected chi connectivity index (χ4v) is 1.59. The van der Waals surface area contributed by atoms with Gasteiger partial charge in [0.1, 0.15) is 5.56 Å². The zero-order valence-electron chi connectivity index (χ0n) is 10.6. The molecule has 0 saturated carbocycles. The number of aromatic hydroxyl groups is 1. The molecule has 4 N–H and O–H groups in total. The Labute approximate surface area is 104 Å². The highest BCUT2D eigenvalue weighted by molar-refractivity contribution is 5.81. The molecule has 0 spiro atoms. The summed E-state index contributed by atoms with van der Waals surface area (Å²) in [6.45, 7) is 7.68. The summed E-state index contributed by atoms with van der Waals surface area (Å²) in [6, 6.07) is 0. The number of quaternary nitrogens is 1. The van der Waals surface area contributed by atoms with Gasteiger partial charge in [-0.25, -0.2) is 4.79 Å². The molecule has 0 amide bonds. The van der Waals surface area contributed by atoms with E-state index < -0.39 is 17.1 Å². The van der Waals surface area contributed by atoms with E-state index in [0.717, 1.165) is 19.6 Å². The van der Waals surface area contributed by atoms with Gasteiger partial charge in [0.25, 0.3) is 5.56 Å². The second-order valence-corrected chi connectivity index (χ2v) is 3.91. The van der Waals surface area contributed by atoms with Gasteiger partial charge in [0.2, 0.25) is 5.88 Å². The molecule has 7 heteroatoms. The molecule has 1 heterocycles. The van der Waals surface area contributed by atoms with Gasteiger partial charge in [-0.2, -0.15) is 0 Å². The first kappa shape index (κ1) is 14.2. The third kappa shape index (κ3) is 3.85. The van der Waals surface area contributed by atoms with Gasteiger partial charge in [-0.05, 0) is 13.8 Å². The van der Waals surface area contributed by atoms with Crippen molar-refractivity contribution in [3.63, 3.8) is 0 Å². The largest absolute Gasteiger partial charge is 0.494 e. The van der Waals surface area contributed by atoms with Gasteiger partial charge < -0.3 is 10.0 Å². The molecule has 1 rings (SSSR count). The molecular weight excluding hydrogens is 236 g/mol. The molecule has 0 bridgehead atoms. The van der Waals surface area contributed by atoms with E-state index in [9.17, 15) is 14.7 Å². The average Bonchev–Trinajstić information content (AvgIpc) is 2.32. The number of aliphatic imine (C=N–C) groups is 1. The Hall–Kier alpha value is -1.89. The number of rotatable bonds is 6. The summed E-state index contributed by atoms with van der Waals surface area (Å²) in [5.41, 5.74) is -1.40. The Morgan fingerprint density at radius 2 is 1.94 bits per heavy atom. The van der Waals surface area contributed by atoms with Crippen LogP contribution in [0.25, 0.3) is 0 Å². The first-order valence-corrected chi connectivity index (χ1v) is 5.97. The molecule has 0 aliphatic heterocycles. The molecule has 100 valence electrons. The van der Waals surface area contributed by atoms with Crippen LogP contribution in [0.1, 0.15) is 19.4 Å². The van der Waals surface area contributed by atoms with Crippen molar-refractivity contribution < 1.29 is 10.0 Å². The van der Waals surface area contributed by atoms with Crippen molar-refractivity contribution in [2.45, 2.75) is 13.8 Å². The second kappa shape index (κ2) is 6.75. The lowest BCUT2D eigenvalue weighted by Gasteiger charge is -2.13. The van der Waals surface area contributed by atoms with E-state index in [0.29, 0.717) is 6.54 Å². The van der Waals surface area contributed by atoms with E-state index in [-0.39, 0.29) is 5.56 Å². The maximum absolute atomic E-state index is 11.4. The smallest absolute Gasteiger partial charge is 0.328 e. The number of nitrogens with one attached hydrogen (secondary N) is 3. The van der Waals surface area contributed by atoms with Gasteiger partial charge in [-0.3, -0.25) is 19.8 Å². The fourth-order valence-electron chi connectivity index (χ4n) is 1.59. The van der Waals surface area contributed by atoms with Crippen LogP contribution in [-0.4, -0.2) is 47.5 Å². The minimum absolute atomic E-state index is 0.0239. The molecule has 0 aliphatic carbocycles. The maximum atomic E-state index is 11.4. The minimum atomic E-state index is -0.734. The van der Waals surface area contributed by atoms with E-state index in [2.05, 4.69) is 23.8 Å². The van der Waals surface area contributed by atoms with Crippen LogP contribution >= 0.6 is 0 Å². The number of hydrogen-bond acceptors (Lipinski definition) is 4. The van der Waals surface area contributed by atoms with Crippen molar-refractivity contribution >= 4 is 6.21 Å². The molecular formula is C11H19N4O3+. The van der Waals surface area contributed by atoms with Crippen LogP contribution in [0.2, 0.25) is 0 Å². The van der Waals surface area contributed by atoms with Crippen LogP contribution in [0, 0.1) is 0 Å². The van der Waals surface area contributed by atoms with Crippen LogP contribution in [0.15, 0.2) is 14.6 Å². The highest BCUT2D eigenvalue weighted by Gasteiger charge is 2.05. The van der Waals surface area contributed by atoms with E-state index in [1.807, 2.05) is 4.98 Å². The SMILES string of the molecule is CC[NH+](CC)CCN=Cc1c(O)[nH]c(=O)[nH]c1=O. The highest BCUT2D eigenvalue weighted by atomic mass is 16.3. The fraction of sp³-hybridized carbons (Fsp3) is 0.545. The van der Waals surface area contributed by atoms with E-state index >= 15 is 0 Å². The number of likely N-dealkylation sites (N-methyl/N-ethyl adjacent to an activating group) is 1. The van der Waals surface area contributed by atoms with Gasteiger partial charge in [0.05, 0.1) is 26.2 Å². The summed E-state index contributed by atoms with van der Waals surface area (Å²) in [6.07, 6.45) is 1.28. The predicted octanol–water partition coefficient (Wildman–Crippen LogP) is -1.89. The summed E-state index contributed by atoms with van der Waals surface area (Å²) in [5.74, 6) is -0.456. The van der Waals surface area contributed by atoms with Gasteiger partial charge in [0, 0.05) is 6.21 Å². The summed E-state index contributed by atoms with van der Waals surface area (Å²) in [5, 5.41) is 9.40. The normalized spacial score (nSPS) is 11.5. The van der Waals surface area contributed by atoms with Crippen molar-refractivity contribution in [2.24, 2.45) is 4.99 Å². The topological polar surface area (TPSA) is 103 Å². The first-order chi connectivity index (χ1) is 8.58. The molecule has 0 saturated heterocycles. The quantitative estimate of drug-likeness (QED) is 0.447. The molecule has 0 aromatic carbocycles. The van der Waals surface area contributed by atoms with Crippen LogP contribution in [0.5, 0.6) is 5.88 Å². The number of aromatic nitrogens is 2. The number of nitrogens with zero attached hydrogens (tertiary/aromatic N) is 1. The van der Waals surface area contributed by atoms with Crippen LogP contribution in [0.3, 0.4) is 0 Å². The third-order valence-corrected chi connectivity index (χ3v) is 2.77.